The highest BCUT2D eigenvalue weighted by Gasteiger charge is 2.37. The van der Waals surface area contributed by atoms with E-state index in [1.807, 2.05) is 20.8 Å². The number of amides is 1. The Bertz CT molecular complexity index is 392. The van der Waals surface area contributed by atoms with Gasteiger partial charge in [0.25, 0.3) is 0 Å². The highest BCUT2D eigenvalue weighted by atomic mass is 16.6. The average Bonchev–Trinajstić information content (AvgIpc) is 2.42. The molecule has 2 atom stereocenters. The van der Waals surface area contributed by atoms with Gasteiger partial charge in [-0.1, -0.05) is 13.8 Å². The van der Waals surface area contributed by atoms with Crippen LogP contribution < -0.4 is 0 Å². The fraction of sp³-hybridized carbons (Fsp3) is 0.875. The van der Waals surface area contributed by atoms with Gasteiger partial charge in [-0.25, -0.2) is 4.79 Å². The third kappa shape index (κ3) is 5.48. The van der Waals surface area contributed by atoms with E-state index in [2.05, 4.69) is 18.7 Å². The van der Waals surface area contributed by atoms with Crippen LogP contribution in [-0.2, 0) is 9.53 Å². The molecule has 0 aromatic heterocycles. The van der Waals surface area contributed by atoms with Crippen molar-refractivity contribution in [3.05, 3.63) is 0 Å². The smallest absolute Gasteiger partial charge is 0.410 e. The number of carbonyl (C=O) groups excluding carboxylic acids is 1. The number of carbonyl (C=O) groups is 2. The van der Waals surface area contributed by atoms with Crippen molar-refractivity contribution >= 4 is 12.1 Å². The van der Waals surface area contributed by atoms with Crippen molar-refractivity contribution in [2.75, 3.05) is 26.2 Å². The van der Waals surface area contributed by atoms with E-state index in [0.29, 0.717) is 13.0 Å². The number of hydrogen-bond donors (Lipinski definition) is 1. The van der Waals surface area contributed by atoms with Gasteiger partial charge in [0.1, 0.15) is 5.60 Å². The molecule has 0 radical (unpaired) electrons. The van der Waals surface area contributed by atoms with Crippen LogP contribution in [0.1, 0.15) is 47.5 Å². The molecule has 0 unspecified atom stereocenters. The lowest BCUT2D eigenvalue weighted by Gasteiger charge is -2.41. The topological polar surface area (TPSA) is 70.1 Å². The zero-order valence-corrected chi connectivity index (χ0v) is 14.5. The largest absolute Gasteiger partial charge is 0.481 e. The molecule has 0 saturated carbocycles. The summed E-state index contributed by atoms with van der Waals surface area (Å²) in [6.45, 7) is 12.1. The summed E-state index contributed by atoms with van der Waals surface area (Å²) in [5.41, 5.74) is -0.573. The third-order valence-electron chi connectivity index (χ3n) is 3.86. The van der Waals surface area contributed by atoms with Gasteiger partial charge in [-0.3, -0.25) is 9.69 Å². The Balaban J connectivity index is 2.84. The van der Waals surface area contributed by atoms with Gasteiger partial charge in [0.05, 0.1) is 5.92 Å². The maximum absolute atomic E-state index is 12.3. The Hall–Kier alpha value is -1.30. The maximum atomic E-state index is 12.3. The normalized spacial score (nSPS) is 22.7. The first-order valence-corrected chi connectivity index (χ1v) is 8.12. The Morgan fingerprint density at radius 2 is 1.91 bits per heavy atom. The second-order valence-electron chi connectivity index (χ2n) is 6.94. The summed E-state index contributed by atoms with van der Waals surface area (Å²) in [5, 5.41) is 9.38. The van der Waals surface area contributed by atoms with E-state index in [1.54, 1.807) is 4.90 Å². The van der Waals surface area contributed by atoms with Crippen molar-refractivity contribution in [2.24, 2.45) is 5.92 Å². The molecule has 128 valence electrons. The van der Waals surface area contributed by atoms with Crippen LogP contribution in [0.15, 0.2) is 0 Å². The Morgan fingerprint density at radius 1 is 1.27 bits per heavy atom. The van der Waals surface area contributed by atoms with Crippen LogP contribution >= 0.6 is 0 Å². The minimum absolute atomic E-state index is 0.0762. The number of nitrogens with zero attached hydrogens (tertiary/aromatic N) is 2. The molecule has 1 N–H and O–H groups in total. The Labute approximate surface area is 133 Å². The van der Waals surface area contributed by atoms with Crippen molar-refractivity contribution in [2.45, 2.75) is 59.1 Å². The molecule has 0 bridgehead atoms. The quantitative estimate of drug-likeness (QED) is 0.844. The monoisotopic (exact) mass is 314 g/mol. The lowest BCUT2D eigenvalue weighted by molar-refractivity contribution is -0.144. The van der Waals surface area contributed by atoms with E-state index in [0.717, 1.165) is 19.5 Å². The van der Waals surface area contributed by atoms with Crippen molar-refractivity contribution in [1.29, 1.82) is 0 Å². The van der Waals surface area contributed by atoms with Crippen LogP contribution in [-0.4, -0.2) is 64.8 Å². The molecule has 0 aromatic carbocycles. The summed E-state index contributed by atoms with van der Waals surface area (Å²) >= 11 is 0. The van der Waals surface area contributed by atoms with Crippen LogP contribution in [0.4, 0.5) is 4.79 Å². The van der Waals surface area contributed by atoms with Gasteiger partial charge in [-0.15, -0.1) is 0 Å². The Morgan fingerprint density at radius 3 is 2.36 bits per heavy atom. The highest BCUT2D eigenvalue weighted by molar-refractivity contribution is 5.73. The number of piperidine rings is 1. The van der Waals surface area contributed by atoms with Crippen LogP contribution in [0.25, 0.3) is 0 Å². The Kier molecular flexibility index (Phi) is 6.66. The van der Waals surface area contributed by atoms with Gasteiger partial charge in [-0.2, -0.15) is 0 Å². The van der Waals surface area contributed by atoms with E-state index in [4.69, 9.17) is 4.74 Å². The first kappa shape index (κ1) is 18.7. The molecule has 1 heterocycles. The van der Waals surface area contributed by atoms with E-state index in [-0.39, 0.29) is 12.6 Å². The van der Waals surface area contributed by atoms with Crippen molar-refractivity contribution < 1.29 is 19.4 Å². The van der Waals surface area contributed by atoms with Gasteiger partial charge in [0.2, 0.25) is 0 Å². The average molecular weight is 314 g/mol. The molecule has 22 heavy (non-hydrogen) atoms. The van der Waals surface area contributed by atoms with Crippen molar-refractivity contribution in [1.82, 2.24) is 9.80 Å². The molecule has 0 aromatic rings. The second kappa shape index (κ2) is 7.81. The number of carboxylic acids is 1. The van der Waals surface area contributed by atoms with Crippen molar-refractivity contribution in [3.63, 3.8) is 0 Å². The summed E-state index contributed by atoms with van der Waals surface area (Å²) < 4.78 is 5.40. The molecule has 0 spiro atoms. The lowest BCUT2D eigenvalue weighted by Crippen LogP contribution is -2.55. The minimum atomic E-state index is -0.842. The maximum Gasteiger partial charge on any atom is 0.410 e. The van der Waals surface area contributed by atoms with Crippen LogP contribution in [0.5, 0.6) is 0 Å². The van der Waals surface area contributed by atoms with Gasteiger partial charge < -0.3 is 14.7 Å². The first-order chi connectivity index (χ1) is 10.2. The number of likely N-dealkylation sites (N-methyl/N-ethyl adjacent to an activating group) is 1. The van der Waals surface area contributed by atoms with E-state index in [9.17, 15) is 14.7 Å². The zero-order valence-electron chi connectivity index (χ0n) is 14.5. The van der Waals surface area contributed by atoms with Gasteiger partial charge in [-0.05, 0) is 46.7 Å². The molecule has 1 aliphatic rings. The van der Waals surface area contributed by atoms with Gasteiger partial charge in [0.15, 0.2) is 0 Å². The summed E-state index contributed by atoms with van der Waals surface area (Å²) in [7, 11) is 0. The fourth-order valence-corrected chi connectivity index (χ4v) is 2.88. The molecular formula is C16H30N2O4. The number of hydrogen-bond acceptors (Lipinski definition) is 4. The first-order valence-electron chi connectivity index (χ1n) is 8.12. The second-order valence-corrected chi connectivity index (χ2v) is 6.94. The zero-order chi connectivity index (χ0) is 16.9. The molecule has 1 fully saturated rings. The van der Waals surface area contributed by atoms with E-state index >= 15 is 0 Å². The fourth-order valence-electron chi connectivity index (χ4n) is 2.88. The van der Waals surface area contributed by atoms with Crippen LogP contribution in [0.2, 0.25) is 0 Å². The van der Waals surface area contributed by atoms with Gasteiger partial charge in [0, 0.05) is 19.1 Å². The summed E-state index contributed by atoms with van der Waals surface area (Å²) in [4.78, 5) is 27.5. The third-order valence-corrected chi connectivity index (χ3v) is 3.86. The molecular weight excluding hydrogens is 284 g/mol. The standard InChI is InChI=1S/C16H30N2O4/c1-6-8-17(7-2)13-9-12(14(19)20)10-18(11-13)15(21)22-16(3,4)5/h12-13H,6-11H2,1-5H3,(H,19,20)/t12-,13+/m0/s1. The van der Waals surface area contributed by atoms with Crippen LogP contribution in [0.3, 0.4) is 0 Å². The molecule has 0 aliphatic carbocycles. The molecule has 1 saturated heterocycles. The number of rotatable bonds is 5. The predicted molar refractivity (Wildman–Crippen MR) is 84.9 cm³/mol. The van der Waals surface area contributed by atoms with E-state index in [1.165, 1.54) is 0 Å². The molecule has 1 rings (SSSR count). The number of carboxylic acid groups (broad SMARTS) is 1. The summed E-state index contributed by atoms with van der Waals surface area (Å²) in [5.74, 6) is -1.37. The van der Waals surface area contributed by atoms with Crippen LogP contribution in [0, 0.1) is 5.92 Å². The summed E-state index contributed by atoms with van der Waals surface area (Å²) in [6, 6.07) is 0.0762. The van der Waals surface area contributed by atoms with Crippen molar-refractivity contribution in [3.8, 4) is 0 Å². The predicted octanol–water partition coefficient (Wildman–Crippen LogP) is 2.43. The lowest BCUT2D eigenvalue weighted by atomic mass is 9.93. The van der Waals surface area contributed by atoms with Gasteiger partial charge >= 0.3 is 12.1 Å². The number of aliphatic carboxylic acids is 1. The minimum Gasteiger partial charge on any atom is -0.481 e. The number of likely N-dealkylation sites (tertiary alicyclic amines) is 1. The SMILES string of the molecule is CCCN(CC)[C@@H]1C[C@H](C(=O)O)CN(C(=O)OC(C)(C)C)C1. The highest BCUT2D eigenvalue weighted by Crippen LogP contribution is 2.23. The summed E-state index contributed by atoms with van der Waals surface area (Å²) in [6.07, 6.45) is 1.17. The molecule has 1 aliphatic heterocycles. The molecule has 6 heteroatoms. The number of ether oxygens (including phenoxy) is 1. The molecule has 1 amide bonds. The van der Waals surface area contributed by atoms with E-state index < -0.39 is 23.6 Å². The molecule has 6 nitrogen and oxygen atoms in total.